The van der Waals surface area contributed by atoms with Gasteiger partial charge < -0.3 is 5.32 Å². The number of nitrogens with one attached hydrogen (secondary N) is 1. The molecule has 0 saturated heterocycles. The summed E-state index contributed by atoms with van der Waals surface area (Å²) in [6.45, 7) is 9.98. The van der Waals surface area contributed by atoms with Gasteiger partial charge in [-0.3, -0.25) is 0 Å². The first-order valence-electron chi connectivity index (χ1n) is 5.93. The maximum Gasteiger partial charge on any atom is 0.147 e. The highest BCUT2D eigenvalue weighted by atomic mass is 32.1. The molecule has 0 radical (unpaired) electrons. The number of fused-ring (bicyclic) bond motifs is 1. The molecule has 2 rings (SSSR count). The zero-order valence-electron chi connectivity index (χ0n) is 10.8. The van der Waals surface area contributed by atoms with E-state index in [0.717, 1.165) is 22.6 Å². The number of aromatic nitrogens is 2. The van der Waals surface area contributed by atoms with Crippen LogP contribution in [0.2, 0.25) is 0 Å². The van der Waals surface area contributed by atoms with Crippen LogP contribution in [0.15, 0.2) is 17.8 Å². The van der Waals surface area contributed by atoms with Crippen molar-refractivity contribution >= 4 is 27.4 Å². The molecule has 92 valence electrons. The lowest BCUT2D eigenvalue weighted by Gasteiger charge is -2.29. The van der Waals surface area contributed by atoms with Gasteiger partial charge in [-0.05, 0) is 22.8 Å². The SMILES string of the molecule is CC(C)C(C)(C)CNc1ncnc2ccsc12. The predicted molar refractivity (Wildman–Crippen MR) is 74.5 cm³/mol. The molecule has 0 spiro atoms. The summed E-state index contributed by atoms with van der Waals surface area (Å²) >= 11 is 1.69. The van der Waals surface area contributed by atoms with Crippen molar-refractivity contribution < 1.29 is 0 Å². The lowest BCUT2D eigenvalue weighted by molar-refractivity contribution is 0.269. The molecule has 0 unspecified atom stereocenters. The Bertz CT molecular complexity index is 502. The van der Waals surface area contributed by atoms with Crippen LogP contribution in [0.1, 0.15) is 27.7 Å². The van der Waals surface area contributed by atoms with Crippen molar-refractivity contribution in [3.05, 3.63) is 17.8 Å². The van der Waals surface area contributed by atoms with Crippen LogP contribution in [0.5, 0.6) is 0 Å². The first-order chi connectivity index (χ1) is 8.00. The Hall–Kier alpha value is -1.16. The fourth-order valence-corrected chi connectivity index (χ4v) is 2.24. The fourth-order valence-electron chi connectivity index (χ4n) is 1.43. The summed E-state index contributed by atoms with van der Waals surface area (Å²) in [5.74, 6) is 1.59. The number of hydrogen-bond acceptors (Lipinski definition) is 4. The molecule has 0 aromatic carbocycles. The van der Waals surface area contributed by atoms with Gasteiger partial charge in [0.2, 0.25) is 0 Å². The molecule has 0 aliphatic rings. The number of rotatable bonds is 4. The van der Waals surface area contributed by atoms with Crippen LogP contribution in [-0.2, 0) is 0 Å². The molecule has 3 nitrogen and oxygen atoms in total. The van der Waals surface area contributed by atoms with Gasteiger partial charge in [-0.1, -0.05) is 27.7 Å². The molecule has 2 aromatic rings. The maximum absolute atomic E-state index is 4.33. The predicted octanol–water partition coefficient (Wildman–Crippen LogP) is 3.79. The average molecular weight is 249 g/mol. The van der Waals surface area contributed by atoms with Gasteiger partial charge in [0.25, 0.3) is 0 Å². The number of thiophene rings is 1. The lowest BCUT2D eigenvalue weighted by Crippen LogP contribution is -2.28. The van der Waals surface area contributed by atoms with Crippen molar-refractivity contribution in [3.63, 3.8) is 0 Å². The van der Waals surface area contributed by atoms with Crippen molar-refractivity contribution in [2.75, 3.05) is 11.9 Å². The summed E-state index contributed by atoms with van der Waals surface area (Å²) in [6.07, 6.45) is 1.62. The third-order valence-electron chi connectivity index (χ3n) is 3.52. The third-order valence-corrected chi connectivity index (χ3v) is 4.43. The third kappa shape index (κ3) is 2.57. The Morgan fingerprint density at radius 3 is 2.82 bits per heavy atom. The number of nitrogens with zero attached hydrogens (tertiary/aromatic N) is 2. The summed E-state index contributed by atoms with van der Waals surface area (Å²) in [5.41, 5.74) is 1.28. The molecule has 17 heavy (non-hydrogen) atoms. The van der Waals surface area contributed by atoms with E-state index in [-0.39, 0.29) is 5.41 Å². The summed E-state index contributed by atoms with van der Waals surface area (Å²) in [6, 6.07) is 2.03. The topological polar surface area (TPSA) is 37.8 Å². The summed E-state index contributed by atoms with van der Waals surface area (Å²) in [7, 11) is 0. The van der Waals surface area contributed by atoms with Gasteiger partial charge in [0.1, 0.15) is 12.1 Å². The average Bonchev–Trinajstić information content (AvgIpc) is 2.74. The van der Waals surface area contributed by atoms with E-state index in [4.69, 9.17) is 0 Å². The Balaban J connectivity index is 2.17. The molecule has 0 aliphatic heterocycles. The zero-order valence-corrected chi connectivity index (χ0v) is 11.6. The van der Waals surface area contributed by atoms with E-state index in [1.165, 1.54) is 0 Å². The quantitative estimate of drug-likeness (QED) is 0.896. The molecular weight excluding hydrogens is 230 g/mol. The lowest BCUT2D eigenvalue weighted by atomic mass is 9.81. The van der Waals surface area contributed by atoms with Gasteiger partial charge >= 0.3 is 0 Å². The van der Waals surface area contributed by atoms with Gasteiger partial charge in [-0.25, -0.2) is 9.97 Å². The molecule has 0 atom stereocenters. The van der Waals surface area contributed by atoms with Gasteiger partial charge in [0.05, 0.1) is 10.2 Å². The van der Waals surface area contributed by atoms with Gasteiger partial charge in [-0.2, -0.15) is 0 Å². The van der Waals surface area contributed by atoms with Crippen LogP contribution in [0, 0.1) is 11.3 Å². The minimum Gasteiger partial charge on any atom is -0.368 e. The van der Waals surface area contributed by atoms with Crippen LogP contribution >= 0.6 is 11.3 Å². The fraction of sp³-hybridized carbons (Fsp3) is 0.538. The van der Waals surface area contributed by atoms with Crippen LogP contribution in [0.4, 0.5) is 5.82 Å². The molecule has 0 bridgehead atoms. The molecule has 2 heterocycles. The van der Waals surface area contributed by atoms with Crippen molar-refractivity contribution in [1.29, 1.82) is 0 Å². The van der Waals surface area contributed by atoms with E-state index in [9.17, 15) is 0 Å². The standard InChI is InChI=1S/C13H19N3S/c1-9(2)13(3,4)7-14-12-11-10(5-6-17-11)15-8-16-12/h5-6,8-9H,7H2,1-4H3,(H,14,15,16). The minimum atomic E-state index is 0.258. The van der Waals surface area contributed by atoms with E-state index >= 15 is 0 Å². The normalized spacial score (nSPS) is 12.3. The van der Waals surface area contributed by atoms with Crippen molar-refractivity contribution in [1.82, 2.24) is 9.97 Å². The molecule has 4 heteroatoms. The second-order valence-corrected chi connectivity index (χ2v) is 6.27. The van der Waals surface area contributed by atoms with Crippen LogP contribution in [-0.4, -0.2) is 16.5 Å². The first-order valence-corrected chi connectivity index (χ1v) is 6.81. The minimum absolute atomic E-state index is 0.258. The van der Waals surface area contributed by atoms with Crippen molar-refractivity contribution in [3.8, 4) is 0 Å². The highest BCUT2D eigenvalue weighted by Gasteiger charge is 2.22. The largest absolute Gasteiger partial charge is 0.368 e. The summed E-state index contributed by atoms with van der Waals surface area (Å²) in [4.78, 5) is 8.57. The van der Waals surface area contributed by atoms with E-state index in [2.05, 4.69) is 48.4 Å². The molecule has 0 fully saturated rings. The monoisotopic (exact) mass is 249 g/mol. The van der Waals surface area contributed by atoms with Gasteiger partial charge in [0.15, 0.2) is 0 Å². The smallest absolute Gasteiger partial charge is 0.147 e. The highest BCUT2D eigenvalue weighted by Crippen LogP contribution is 2.29. The van der Waals surface area contributed by atoms with Crippen molar-refractivity contribution in [2.45, 2.75) is 27.7 Å². The summed E-state index contributed by atoms with van der Waals surface area (Å²) < 4.78 is 1.15. The Morgan fingerprint density at radius 1 is 1.35 bits per heavy atom. The molecular formula is C13H19N3S. The molecule has 0 aliphatic carbocycles. The van der Waals surface area contributed by atoms with E-state index < -0.39 is 0 Å². The second-order valence-electron chi connectivity index (χ2n) is 5.35. The van der Waals surface area contributed by atoms with Gasteiger partial charge in [0, 0.05) is 6.54 Å². The second kappa shape index (κ2) is 4.61. The zero-order chi connectivity index (χ0) is 12.5. The Morgan fingerprint density at radius 2 is 2.12 bits per heavy atom. The highest BCUT2D eigenvalue weighted by molar-refractivity contribution is 7.17. The number of anilines is 1. The molecule has 0 saturated carbocycles. The van der Waals surface area contributed by atoms with Crippen LogP contribution < -0.4 is 5.32 Å². The summed E-state index contributed by atoms with van der Waals surface area (Å²) in [5, 5.41) is 5.51. The number of hydrogen-bond donors (Lipinski definition) is 1. The molecule has 0 amide bonds. The molecule has 2 aromatic heterocycles. The van der Waals surface area contributed by atoms with E-state index in [1.807, 2.05) is 6.07 Å². The van der Waals surface area contributed by atoms with E-state index in [1.54, 1.807) is 17.7 Å². The van der Waals surface area contributed by atoms with Crippen LogP contribution in [0.3, 0.4) is 0 Å². The van der Waals surface area contributed by atoms with Crippen LogP contribution in [0.25, 0.3) is 10.2 Å². The molecule has 1 N–H and O–H groups in total. The van der Waals surface area contributed by atoms with Gasteiger partial charge in [-0.15, -0.1) is 11.3 Å². The van der Waals surface area contributed by atoms with Crippen molar-refractivity contribution in [2.24, 2.45) is 11.3 Å². The maximum atomic E-state index is 4.33. The Labute approximate surface area is 106 Å². The Kier molecular flexibility index (Phi) is 3.33. The van der Waals surface area contributed by atoms with E-state index in [0.29, 0.717) is 5.92 Å². The first kappa shape index (κ1) is 12.3.